The van der Waals surface area contributed by atoms with Crippen LogP contribution < -0.4 is 11.2 Å². The van der Waals surface area contributed by atoms with Crippen LogP contribution in [0.4, 0.5) is 0 Å². The third kappa shape index (κ3) is 7.59. The van der Waals surface area contributed by atoms with Gasteiger partial charge in [0.1, 0.15) is 11.3 Å². The molecule has 0 saturated carbocycles. The Morgan fingerprint density at radius 1 is 0.816 bits per heavy atom. The first-order chi connectivity index (χ1) is 18.5. The minimum absolute atomic E-state index is 0.199. The maximum absolute atomic E-state index is 13.5. The van der Waals surface area contributed by atoms with Crippen molar-refractivity contribution in [3.8, 4) is 0 Å². The molecule has 1 atom stereocenters. The third-order valence-corrected chi connectivity index (χ3v) is 6.91. The Morgan fingerprint density at radius 3 is 2.13 bits per heavy atom. The molecule has 38 heavy (non-hydrogen) atoms. The SMILES string of the molecule is O=c1c2[nH]c(Cc3ccccc3)nc2n(CCc2ccccc2)c(=O)n1CCCCCCCCOS(=O)[O-]. The topological polar surface area (TPSA) is 122 Å². The zero-order valence-electron chi connectivity index (χ0n) is 21.3. The van der Waals surface area contributed by atoms with Gasteiger partial charge in [-0.1, -0.05) is 86.3 Å². The van der Waals surface area contributed by atoms with Gasteiger partial charge in [0.05, 0.1) is 18.0 Å². The molecule has 1 N–H and O–H groups in total. The number of rotatable bonds is 15. The standard InChI is InChI=1S/C28H34N4O5S/c33-27-25-26(30-24(29-25)21-23-15-9-6-10-16-23)31(19-17-22-13-7-5-8-14-22)28(34)32(27)18-11-3-1-2-4-12-20-37-38(35)36/h5-10,13-16H,1-4,11-12,17-21H2,(H,29,30)(H,35,36)/p-1. The van der Waals surface area contributed by atoms with E-state index in [2.05, 4.69) is 14.2 Å². The van der Waals surface area contributed by atoms with Crippen molar-refractivity contribution in [1.82, 2.24) is 19.1 Å². The summed E-state index contributed by atoms with van der Waals surface area (Å²) in [6.45, 7) is 0.959. The number of hydrogen-bond acceptors (Lipinski definition) is 6. The van der Waals surface area contributed by atoms with Crippen LogP contribution in [-0.4, -0.2) is 34.5 Å². The van der Waals surface area contributed by atoms with Crippen LogP contribution >= 0.6 is 0 Å². The number of fused-ring (bicyclic) bond motifs is 1. The fourth-order valence-electron chi connectivity index (χ4n) is 4.58. The van der Waals surface area contributed by atoms with E-state index >= 15 is 0 Å². The highest BCUT2D eigenvalue weighted by molar-refractivity contribution is 7.74. The van der Waals surface area contributed by atoms with E-state index in [0.29, 0.717) is 55.8 Å². The van der Waals surface area contributed by atoms with E-state index < -0.39 is 11.4 Å². The second-order valence-electron chi connectivity index (χ2n) is 9.32. The number of aromatic amines is 1. The van der Waals surface area contributed by atoms with Crippen molar-refractivity contribution in [3.63, 3.8) is 0 Å². The Bertz CT molecular complexity index is 1450. The Morgan fingerprint density at radius 2 is 1.45 bits per heavy atom. The maximum Gasteiger partial charge on any atom is 0.332 e. The van der Waals surface area contributed by atoms with Gasteiger partial charge in [-0.25, -0.2) is 14.0 Å². The Kier molecular flexibility index (Phi) is 10.2. The number of aryl methyl sites for hydroxylation is 2. The minimum atomic E-state index is -2.46. The number of unbranched alkanes of at least 4 members (excludes halogenated alkanes) is 5. The highest BCUT2D eigenvalue weighted by Gasteiger charge is 2.17. The first-order valence-corrected chi connectivity index (χ1v) is 14.1. The molecule has 9 nitrogen and oxygen atoms in total. The highest BCUT2D eigenvalue weighted by Crippen LogP contribution is 2.12. The first kappa shape index (κ1) is 27.7. The van der Waals surface area contributed by atoms with E-state index in [-0.39, 0.29) is 17.9 Å². The summed E-state index contributed by atoms with van der Waals surface area (Å²) in [5.74, 6) is 0.652. The molecule has 4 rings (SSSR count). The van der Waals surface area contributed by atoms with Gasteiger partial charge in [0.25, 0.3) is 5.56 Å². The smallest absolute Gasteiger partial charge is 0.332 e. The van der Waals surface area contributed by atoms with Gasteiger partial charge < -0.3 is 13.7 Å². The summed E-state index contributed by atoms with van der Waals surface area (Å²) < 4.78 is 28.2. The molecule has 0 aliphatic rings. The number of nitrogens with one attached hydrogen (secondary N) is 1. The second-order valence-corrected chi connectivity index (χ2v) is 9.96. The van der Waals surface area contributed by atoms with Crippen LogP contribution in [0.15, 0.2) is 70.3 Å². The number of aromatic nitrogens is 4. The monoisotopic (exact) mass is 537 g/mol. The van der Waals surface area contributed by atoms with Crippen molar-refractivity contribution in [1.29, 1.82) is 0 Å². The average molecular weight is 538 g/mol. The van der Waals surface area contributed by atoms with Gasteiger partial charge in [0.2, 0.25) is 0 Å². The molecular formula is C28H33N4O5S-. The molecule has 202 valence electrons. The molecule has 2 aromatic heterocycles. The minimum Gasteiger partial charge on any atom is -0.750 e. The Balaban J connectivity index is 1.49. The fourth-order valence-corrected chi connectivity index (χ4v) is 4.83. The zero-order valence-corrected chi connectivity index (χ0v) is 22.2. The van der Waals surface area contributed by atoms with Crippen LogP contribution in [0.2, 0.25) is 0 Å². The zero-order chi connectivity index (χ0) is 26.7. The van der Waals surface area contributed by atoms with Gasteiger partial charge in [-0.05, 0) is 30.4 Å². The van der Waals surface area contributed by atoms with E-state index in [0.717, 1.165) is 36.8 Å². The molecule has 0 saturated heterocycles. The third-order valence-electron chi connectivity index (χ3n) is 6.55. The summed E-state index contributed by atoms with van der Waals surface area (Å²) in [6, 6.07) is 19.8. The van der Waals surface area contributed by atoms with Gasteiger partial charge in [0.15, 0.2) is 5.65 Å². The number of benzene rings is 2. The maximum atomic E-state index is 13.5. The van der Waals surface area contributed by atoms with Crippen LogP contribution in [0.25, 0.3) is 11.2 Å². The normalized spacial score (nSPS) is 12.2. The molecule has 4 aromatic rings. The van der Waals surface area contributed by atoms with Gasteiger partial charge in [-0.15, -0.1) is 0 Å². The molecule has 0 spiro atoms. The molecule has 0 aliphatic carbocycles. The van der Waals surface area contributed by atoms with Crippen molar-refractivity contribution in [3.05, 3.63) is 98.5 Å². The predicted octanol–water partition coefficient (Wildman–Crippen LogP) is 3.87. The van der Waals surface area contributed by atoms with E-state index in [1.807, 2.05) is 60.7 Å². The van der Waals surface area contributed by atoms with Crippen LogP contribution in [0.5, 0.6) is 0 Å². The van der Waals surface area contributed by atoms with E-state index in [1.165, 1.54) is 4.57 Å². The second kappa shape index (κ2) is 14.0. The molecule has 0 amide bonds. The predicted molar refractivity (Wildman–Crippen MR) is 147 cm³/mol. The molecule has 2 aromatic carbocycles. The average Bonchev–Trinajstić information content (AvgIpc) is 3.34. The first-order valence-electron chi connectivity index (χ1n) is 13.1. The molecule has 10 heteroatoms. The van der Waals surface area contributed by atoms with Crippen LogP contribution in [0.1, 0.15) is 55.5 Å². The number of imidazole rings is 1. The van der Waals surface area contributed by atoms with Crippen molar-refractivity contribution in [2.24, 2.45) is 0 Å². The van der Waals surface area contributed by atoms with Crippen LogP contribution in [0.3, 0.4) is 0 Å². The lowest BCUT2D eigenvalue weighted by Gasteiger charge is -2.11. The van der Waals surface area contributed by atoms with Gasteiger partial charge >= 0.3 is 5.69 Å². The molecule has 0 fully saturated rings. The van der Waals surface area contributed by atoms with E-state index in [9.17, 15) is 18.4 Å². The molecule has 2 heterocycles. The molecule has 0 bridgehead atoms. The van der Waals surface area contributed by atoms with Crippen LogP contribution in [0, 0.1) is 0 Å². The van der Waals surface area contributed by atoms with E-state index in [4.69, 9.17) is 0 Å². The summed E-state index contributed by atoms with van der Waals surface area (Å²) in [6.07, 6.45) is 6.18. The summed E-state index contributed by atoms with van der Waals surface area (Å²) in [5.41, 5.74) is 2.27. The van der Waals surface area contributed by atoms with Crippen molar-refractivity contribution in [2.45, 2.75) is 64.5 Å². The molecule has 1 unspecified atom stereocenters. The lowest BCUT2D eigenvalue weighted by Crippen LogP contribution is -2.40. The highest BCUT2D eigenvalue weighted by atomic mass is 32.2. The summed E-state index contributed by atoms with van der Waals surface area (Å²) >= 11 is -2.46. The molecule has 0 aliphatic heterocycles. The summed E-state index contributed by atoms with van der Waals surface area (Å²) in [5, 5.41) is 0. The lowest BCUT2D eigenvalue weighted by molar-refractivity contribution is 0.290. The quantitative estimate of drug-likeness (QED) is 0.181. The van der Waals surface area contributed by atoms with Crippen molar-refractivity contribution in [2.75, 3.05) is 6.61 Å². The number of hydrogen-bond donors (Lipinski definition) is 1. The van der Waals surface area contributed by atoms with Crippen molar-refractivity contribution >= 4 is 22.5 Å². The molecule has 0 radical (unpaired) electrons. The Hall–Kier alpha value is -3.34. The van der Waals surface area contributed by atoms with Crippen LogP contribution in [-0.2, 0) is 41.5 Å². The number of nitrogens with zero attached hydrogens (tertiary/aromatic N) is 3. The van der Waals surface area contributed by atoms with Gasteiger partial charge in [0, 0.05) is 19.5 Å². The molecular weight excluding hydrogens is 504 g/mol. The van der Waals surface area contributed by atoms with Gasteiger partial charge in [-0.2, -0.15) is 0 Å². The van der Waals surface area contributed by atoms with E-state index in [1.54, 1.807) is 4.57 Å². The summed E-state index contributed by atoms with van der Waals surface area (Å²) in [7, 11) is 0. The van der Waals surface area contributed by atoms with Gasteiger partial charge in [-0.3, -0.25) is 13.9 Å². The largest absolute Gasteiger partial charge is 0.750 e. The van der Waals surface area contributed by atoms with Crippen molar-refractivity contribution < 1.29 is 12.9 Å². The Labute approximate surface area is 224 Å². The fraction of sp³-hybridized carbons (Fsp3) is 0.393. The number of H-pyrrole nitrogens is 1. The lowest BCUT2D eigenvalue weighted by atomic mass is 10.1. The summed E-state index contributed by atoms with van der Waals surface area (Å²) in [4.78, 5) is 34.7.